The summed E-state index contributed by atoms with van der Waals surface area (Å²) in [4.78, 5) is 0. The summed E-state index contributed by atoms with van der Waals surface area (Å²) < 4.78 is 5.22. The molecule has 0 radical (unpaired) electrons. The number of hydrogen-bond acceptors (Lipinski definition) is 0. The summed E-state index contributed by atoms with van der Waals surface area (Å²) in [6, 6.07) is 28.0. The minimum absolute atomic E-state index is 0.552. The molecule has 1 heteroatoms. The van der Waals surface area contributed by atoms with E-state index in [0.29, 0.717) is 15.0 Å². The van der Waals surface area contributed by atoms with E-state index in [1.54, 1.807) is 22.3 Å². The zero-order chi connectivity index (χ0) is 27.0. The zero-order valence-electron chi connectivity index (χ0n) is 24.4. The van der Waals surface area contributed by atoms with Gasteiger partial charge in [0.05, 0.1) is 0 Å². The van der Waals surface area contributed by atoms with Gasteiger partial charge in [-0.1, -0.05) is 0 Å². The van der Waals surface area contributed by atoms with Crippen molar-refractivity contribution in [1.29, 1.82) is 0 Å². The van der Waals surface area contributed by atoms with E-state index in [-0.39, 0.29) is 0 Å². The van der Waals surface area contributed by atoms with E-state index in [1.807, 2.05) is 3.28 Å². The Kier molecular flexibility index (Phi) is 6.22. The van der Waals surface area contributed by atoms with Gasteiger partial charge in [-0.25, -0.2) is 0 Å². The number of benzene rings is 3. The second kappa shape index (κ2) is 9.73. The predicted molar refractivity (Wildman–Crippen MR) is 165 cm³/mol. The SMILES string of the molecule is CC1=[C]([Zr](=[CH]c2ccc(C)cc2)[CH]2c3ccccc3-c3ccccc32)C(C)C=C1CC12CC3CC(CC(C3)C1)C2. The third kappa shape index (κ3) is 4.21. The quantitative estimate of drug-likeness (QED) is 0.273. The first-order chi connectivity index (χ1) is 19.5. The van der Waals surface area contributed by atoms with E-state index >= 15 is 0 Å². The normalized spacial score (nSPS) is 30.6. The predicted octanol–water partition coefficient (Wildman–Crippen LogP) is 9.99. The standard InChI is InChI=1S/C18H25.C13H9.C8H8.Zr/c1-12-3-13(2)17(4-12)11-18-8-14-5-15(9-18)7-16(6-14)10-18;1-3-7-12-10(5-1)9-11-6-2-4-8-13(11)12;1-7-3-5-8(2)6-4-7;/h4,12,14-16H,5-11H2,1-2H3;1-9H;1,3-6H,2H3;. The summed E-state index contributed by atoms with van der Waals surface area (Å²) >= 11 is -2.40. The average molecular weight is 602 g/mol. The minimum atomic E-state index is -2.40. The molecule has 3 aromatic carbocycles. The number of hydrogen-bond donors (Lipinski definition) is 0. The Labute approximate surface area is 248 Å². The first-order valence-electron chi connectivity index (χ1n) is 15.8. The van der Waals surface area contributed by atoms with Crippen LogP contribution in [0.4, 0.5) is 0 Å². The van der Waals surface area contributed by atoms with Crippen LogP contribution in [0, 0.1) is 36.0 Å². The van der Waals surface area contributed by atoms with Gasteiger partial charge < -0.3 is 0 Å². The van der Waals surface area contributed by atoms with E-state index in [9.17, 15) is 0 Å². The Morgan fingerprint density at radius 3 is 1.88 bits per heavy atom. The Balaban J connectivity index is 1.24. The van der Waals surface area contributed by atoms with Crippen molar-refractivity contribution in [2.24, 2.45) is 29.1 Å². The van der Waals surface area contributed by atoms with Crippen LogP contribution < -0.4 is 0 Å². The monoisotopic (exact) mass is 600 g/mol. The summed E-state index contributed by atoms with van der Waals surface area (Å²) in [5.41, 5.74) is 12.9. The van der Waals surface area contributed by atoms with Gasteiger partial charge in [-0.15, -0.1) is 0 Å². The molecule has 0 nitrogen and oxygen atoms in total. The van der Waals surface area contributed by atoms with Crippen molar-refractivity contribution in [3.63, 3.8) is 0 Å². The Morgan fingerprint density at radius 2 is 1.30 bits per heavy atom. The molecule has 0 saturated heterocycles. The molecule has 4 bridgehead atoms. The molecule has 0 N–H and O–H groups in total. The summed E-state index contributed by atoms with van der Waals surface area (Å²) in [5.74, 6) is 3.66. The molecule has 1 atom stereocenters. The van der Waals surface area contributed by atoms with Crippen molar-refractivity contribution >= 4 is 3.71 Å². The first kappa shape index (κ1) is 25.6. The van der Waals surface area contributed by atoms with Crippen molar-refractivity contribution in [3.05, 3.63) is 116 Å². The molecule has 3 aromatic rings. The second-order valence-electron chi connectivity index (χ2n) is 14.2. The Hall–Kier alpha value is -2.11. The van der Waals surface area contributed by atoms with Crippen molar-refractivity contribution in [2.45, 2.75) is 69.3 Å². The van der Waals surface area contributed by atoms with Gasteiger partial charge in [0, 0.05) is 0 Å². The van der Waals surface area contributed by atoms with Crippen LogP contribution in [-0.4, -0.2) is 3.71 Å². The fraction of sp³-hybridized carbons (Fsp3) is 0.410. The molecule has 0 amide bonds. The Bertz CT molecular complexity index is 1500. The number of allylic oxidation sites excluding steroid dienone is 4. The molecule has 0 spiro atoms. The molecular formula is C39H42Zr. The molecule has 6 aliphatic carbocycles. The van der Waals surface area contributed by atoms with Crippen molar-refractivity contribution in [2.75, 3.05) is 0 Å². The second-order valence-corrected chi connectivity index (χ2v) is 19.9. The van der Waals surface area contributed by atoms with Gasteiger partial charge in [0.2, 0.25) is 0 Å². The van der Waals surface area contributed by atoms with Crippen LogP contribution in [0.15, 0.2) is 93.3 Å². The topological polar surface area (TPSA) is 0 Å². The maximum absolute atomic E-state index is 2.81. The molecule has 1 unspecified atom stereocenters. The van der Waals surface area contributed by atoms with Crippen LogP contribution in [0.25, 0.3) is 11.1 Å². The van der Waals surface area contributed by atoms with E-state index in [1.165, 1.54) is 67.2 Å². The van der Waals surface area contributed by atoms with Crippen molar-refractivity contribution < 1.29 is 21.3 Å². The number of rotatable bonds is 5. The fourth-order valence-electron chi connectivity index (χ4n) is 10.3. The summed E-state index contributed by atoms with van der Waals surface area (Å²) in [6.45, 7) is 7.27. The first-order valence-corrected chi connectivity index (χ1v) is 19.9. The molecule has 4 fully saturated rings. The molecule has 9 rings (SSSR count). The van der Waals surface area contributed by atoms with Gasteiger partial charge in [0.15, 0.2) is 0 Å². The molecular weight excluding hydrogens is 560 g/mol. The summed E-state index contributed by atoms with van der Waals surface area (Å²) in [6.07, 6.45) is 13.2. The maximum atomic E-state index is 2.81. The number of fused-ring (bicyclic) bond motifs is 3. The van der Waals surface area contributed by atoms with Crippen molar-refractivity contribution in [1.82, 2.24) is 0 Å². The van der Waals surface area contributed by atoms with Crippen LogP contribution in [0.1, 0.15) is 84.7 Å². The van der Waals surface area contributed by atoms with Crippen LogP contribution in [-0.2, 0) is 21.3 Å². The van der Waals surface area contributed by atoms with Gasteiger partial charge in [-0.05, 0) is 0 Å². The third-order valence-electron chi connectivity index (χ3n) is 11.4. The van der Waals surface area contributed by atoms with Crippen LogP contribution in [0.3, 0.4) is 0 Å². The molecule has 6 aliphatic rings. The van der Waals surface area contributed by atoms with E-state index in [0.717, 1.165) is 17.8 Å². The molecule has 4 saturated carbocycles. The molecule has 0 aliphatic heterocycles. The van der Waals surface area contributed by atoms with E-state index < -0.39 is 21.3 Å². The average Bonchev–Trinajstić information content (AvgIpc) is 3.40. The van der Waals surface area contributed by atoms with Gasteiger partial charge in [-0.2, -0.15) is 0 Å². The van der Waals surface area contributed by atoms with Crippen LogP contribution in [0.5, 0.6) is 0 Å². The Morgan fingerprint density at radius 1 is 0.750 bits per heavy atom. The van der Waals surface area contributed by atoms with Gasteiger partial charge in [0.1, 0.15) is 0 Å². The van der Waals surface area contributed by atoms with Gasteiger partial charge >= 0.3 is 250 Å². The molecule has 202 valence electrons. The molecule has 0 aromatic heterocycles. The zero-order valence-corrected chi connectivity index (χ0v) is 26.9. The van der Waals surface area contributed by atoms with Crippen molar-refractivity contribution in [3.8, 4) is 11.1 Å². The molecule has 0 heterocycles. The fourth-order valence-corrected chi connectivity index (χ4v) is 19.0. The van der Waals surface area contributed by atoms with Crippen LogP contribution >= 0.6 is 0 Å². The summed E-state index contributed by atoms with van der Waals surface area (Å²) in [7, 11) is 0. The van der Waals surface area contributed by atoms with Gasteiger partial charge in [-0.3, -0.25) is 0 Å². The number of aryl methyl sites for hydroxylation is 1. The van der Waals surface area contributed by atoms with Gasteiger partial charge in [0.25, 0.3) is 0 Å². The van der Waals surface area contributed by atoms with E-state index in [2.05, 4.69) is 103 Å². The van der Waals surface area contributed by atoms with E-state index in [4.69, 9.17) is 0 Å². The third-order valence-corrected chi connectivity index (χ3v) is 19.6. The molecule has 40 heavy (non-hydrogen) atoms. The summed E-state index contributed by atoms with van der Waals surface area (Å²) in [5, 5.41) is 0. The van der Waals surface area contributed by atoms with Crippen LogP contribution in [0.2, 0.25) is 0 Å².